The van der Waals surface area contributed by atoms with Crippen molar-refractivity contribution in [3.63, 3.8) is 0 Å². The van der Waals surface area contributed by atoms with Crippen LogP contribution in [0, 0.1) is 13.8 Å². The van der Waals surface area contributed by atoms with Crippen LogP contribution in [0.5, 0.6) is 0 Å². The van der Waals surface area contributed by atoms with Gasteiger partial charge in [0.15, 0.2) is 5.82 Å². The summed E-state index contributed by atoms with van der Waals surface area (Å²) in [6.45, 7) is 5.80. The third kappa shape index (κ3) is 3.74. The van der Waals surface area contributed by atoms with Crippen molar-refractivity contribution in [2.24, 2.45) is 0 Å². The lowest BCUT2D eigenvalue weighted by Gasteiger charge is -2.33. The fraction of sp³-hybridized carbons (Fsp3) is 0.522. The Morgan fingerprint density at radius 1 is 1.00 bits per heavy atom. The van der Waals surface area contributed by atoms with Gasteiger partial charge < -0.3 is 20.0 Å². The highest BCUT2D eigenvalue weighted by atomic mass is 19.1. The third-order valence-corrected chi connectivity index (χ3v) is 6.71. The molecule has 5 rings (SSSR count). The Bertz CT molecular complexity index is 1140. The van der Waals surface area contributed by atoms with Crippen molar-refractivity contribution in [2.75, 3.05) is 38.1 Å². The number of aliphatic hydroxyl groups is 2. The molecular weight excluding hydrogens is 411 g/mol. The van der Waals surface area contributed by atoms with Gasteiger partial charge in [0.2, 0.25) is 0 Å². The van der Waals surface area contributed by atoms with Crippen LogP contribution in [0.25, 0.3) is 16.7 Å². The lowest BCUT2D eigenvalue weighted by Crippen LogP contribution is -2.38. The van der Waals surface area contributed by atoms with E-state index in [9.17, 15) is 14.6 Å². The summed E-state index contributed by atoms with van der Waals surface area (Å²) in [5.74, 6) is 1.68. The number of hydrogen-bond donors (Lipinski definition) is 2. The first-order valence-corrected chi connectivity index (χ1v) is 11.1. The summed E-state index contributed by atoms with van der Waals surface area (Å²) in [5.41, 5.74) is 2.98. The number of β-amino-alcohol motifs (C(OH)–C–C–N with tert-alkyl or cyclic N) is 2. The van der Waals surface area contributed by atoms with Crippen LogP contribution in [-0.4, -0.2) is 86.5 Å². The quantitative estimate of drug-likeness (QED) is 0.641. The molecule has 0 amide bonds. The smallest absolute Gasteiger partial charge is 0.159 e. The predicted molar refractivity (Wildman–Crippen MR) is 120 cm³/mol. The maximum Gasteiger partial charge on any atom is 0.159 e. The third-order valence-electron chi connectivity index (χ3n) is 6.71. The van der Waals surface area contributed by atoms with Gasteiger partial charge in [0.05, 0.1) is 23.9 Å². The Hall–Kier alpha value is -2.62. The highest BCUT2D eigenvalue weighted by Crippen LogP contribution is 2.35. The zero-order valence-corrected chi connectivity index (χ0v) is 18.6. The lowest BCUT2D eigenvalue weighted by atomic mass is 9.85. The standard InChI is InChI=1S/C23H29FN6O2/c1-13-6-15-9-25-30(19(15)7-17(13)16-4-5-28(3)10-18(16)24)23-8-22(26-14(2)27-23)29-11-20(31)21(32)12-29/h6-9,16,18,20-21,31-32H,4-5,10-12H2,1-3H3/t16-,18-,20?,21?/m0/s1. The summed E-state index contributed by atoms with van der Waals surface area (Å²) in [5, 5.41) is 25.4. The number of fused-ring (bicyclic) bond motifs is 1. The Morgan fingerprint density at radius 2 is 1.72 bits per heavy atom. The fourth-order valence-corrected chi connectivity index (χ4v) is 4.96. The van der Waals surface area contributed by atoms with Crippen LogP contribution < -0.4 is 4.90 Å². The minimum absolute atomic E-state index is 0.130. The van der Waals surface area contributed by atoms with Crippen LogP contribution in [0.2, 0.25) is 0 Å². The number of alkyl halides is 1. The van der Waals surface area contributed by atoms with E-state index in [1.807, 2.05) is 36.8 Å². The first kappa shape index (κ1) is 21.2. The molecule has 8 nitrogen and oxygen atoms in total. The molecule has 3 aromatic rings. The van der Waals surface area contributed by atoms with Crippen LogP contribution >= 0.6 is 0 Å². The topological polar surface area (TPSA) is 90.5 Å². The number of aromatic nitrogens is 4. The molecule has 0 radical (unpaired) electrons. The van der Waals surface area contributed by atoms with Gasteiger partial charge in [-0.15, -0.1) is 0 Å². The number of aliphatic hydroxyl groups excluding tert-OH is 2. The van der Waals surface area contributed by atoms with Gasteiger partial charge in [-0.25, -0.2) is 19.0 Å². The summed E-state index contributed by atoms with van der Waals surface area (Å²) in [6, 6.07) is 5.94. The molecule has 0 saturated carbocycles. The van der Waals surface area contributed by atoms with Gasteiger partial charge in [-0.3, -0.25) is 0 Å². The van der Waals surface area contributed by atoms with Crippen molar-refractivity contribution in [1.29, 1.82) is 0 Å². The lowest BCUT2D eigenvalue weighted by molar-refractivity contribution is 0.0572. The molecule has 170 valence electrons. The molecule has 0 aliphatic carbocycles. The normalized spacial score (nSPS) is 26.9. The van der Waals surface area contributed by atoms with Crippen LogP contribution in [0.15, 0.2) is 24.4 Å². The van der Waals surface area contributed by atoms with Gasteiger partial charge in [-0.1, -0.05) is 0 Å². The second-order valence-corrected chi connectivity index (χ2v) is 9.17. The van der Waals surface area contributed by atoms with E-state index >= 15 is 0 Å². The molecule has 9 heteroatoms. The summed E-state index contributed by atoms with van der Waals surface area (Å²) in [7, 11) is 1.96. The van der Waals surface area contributed by atoms with Crippen LogP contribution in [0.1, 0.15) is 29.3 Å². The minimum Gasteiger partial charge on any atom is -0.389 e. The largest absolute Gasteiger partial charge is 0.389 e. The maximum atomic E-state index is 14.9. The second kappa shape index (κ2) is 8.06. The first-order valence-electron chi connectivity index (χ1n) is 11.1. The van der Waals surface area contributed by atoms with E-state index in [1.54, 1.807) is 10.9 Å². The number of rotatable bonds is 3. The number of piperidine rings is 1. The monoisotopic (exact) mass is 440 g/mol. The molecule has 2 fully saturated rings. The van der Waals surface area contributed by atoms with Crippen LogP contribution in [0.4, 0.5) is 10.2 Å². The molecule has 4 atom stereocenters. The number of halogens is 1. The molecule has 2 saturated heterocycles. The van der Waals surface area contributed by atoms with Gasteiger partial charge >= 0.3 is 0 Å². The fourth-order valence-electron chi connectivity index (χ4n) is 4.96. The average molecular weight is 441 g/mol. The zero-order chi connectivity index (χ0) is 22.6. The molecule has 2 unspecified atom stereocenters. The van der Waals surface area contributed by atoms with Crippen molar-refractivity contribution in [3.05, 3.63) is 41.3 Å². The van der Waals surface area contributed by atoms with Gasteiger partial charge in [-0.05, 0) is 57.1 Å². The summed E-state index contributed by atoms with van der Waals surface area (Å²) >= 11 is 0. The van der Waals surface area contributed by atoms with Crippen LogP contribution in [0.3, 0.4) is 0 Å². The molecule has 2 aromatic heterocycles. The van der Waals surface area contributed by atoms with E-state index in [2.05, 4.69) is 27.2 Å². The highest BCUT2D eigenvalue weighted by Gasteiger charge is 2.32. The van der Waals surface area contributed by atoms with E-state index in [0.717, 1.165) is 35.0 Å². The zero-order valence-electron chi connectivity index (χ0n) is 18.6. The van der Waals surface area contributed by atoms with Crippen molar-refractivity contribution >= 4 is 16.7 Å². The Balaban J connectivity index is 1.55. The number of hydrogen-bond acceptors (Lipinski definition) is 7. The Kier molecular flexibility index (Phi) is 5.35. The number of likely N-dealkylation sites (tertiary alicyclic amines) is 1. The van der Waals surface area contributed by atoms with Crippen molar-refractivity contribution in [2.45, 2.75) is 44.6 Å². The molecule has 2 aliphatic rings. The molecule has 32 heavy (non-hydrogen) atoms. The summed E-state index contributed by atoms with van der Waals surface area (Å²) in [6.07, 6.45) is 0.0889. The highest BCUT2D eigenvalue weighted by molar-refractivity contribution is 5.82. The predicted octanol–water partition coefficient (Wildman–Crippen LogP) is 1.73. The first-order chi connectivity index (χ1) is 15.3. The van der Waals surface area contributed by atoms with E-state index in [1.165, 1.54) is 0 Å². The average Bonchev–Trinajstić information content (AvgIpc) is 3.30. The van der Waals surface area contributed by atoms with Gasteiger partial charge in [0, 0.05) is 37.0 Å². The Morgan fingerprint density at radius 3 is 2.44 bits per heavy atom. The summed E-state index contributed by atoms with van der Waals surface area (Å²) in [4.78, 5) is 13.0. The molecule has 1 aromatic carbocycles. The van der Waals surface area contributed by atoms with Gasteiger partial charge in [0.25, 0.3) is 0 Å². The summed E-state index contributed by atoms with van der Waals surface area (Å²) < 4.78 is 16.7. The molecule has 0 bridgehead atoms. The number of benzene rings is 1. The van der Waals surface area contributed by atoms with Crippen molar-refractivity contribution in [3.8, 4) is 5.82 Å². The molecular formula is C23H29FN6O2. The van der Waals surface area contributed by atoms with Crippen molar-refractivity contribution in [1.82, 2.24) is 24.6 Å². The number of anilines is 1. The SMILES string of the molecule is Cc1nc(N2CC(O)C(O)C2)cc(-n2ncc3cc(C)c([C@@H]4CCN(C)C[C@@H]4F)cc32)n1. The molecule has 0 spiro atoms. The van der Waals surface area contributed by atoms with Gasteiger partial charge in [0.1, 0.15) is 17.8 Å². The second-order valence-electron chi connectivity index (χ2n) is 9.17. The van der Waals surface area contributed by atoms with E-state index in [-0.39, 0.29) is 5.92 Å². The van der Waals surface area contributed by atoms with Crippen LogP contribution in [-0.2, 0) is 0 Å². The number of nitrogens with zero attached hydrogens (tertiary/aromatic N) is 6. The van der Waals surface area contributed by atoms with E-state index in [0.29, 0.717) is 37.1 Å². The number of aryl methyl sites for hydroxylation is 2. The molecule has 2 N–H and O–H groups in total. The molecule has 4 heterocycles. The Labute approximate surface area is 186 Å². The van der Waals surface area contributed by atoms with Crippen molar-refractivity contribution < 1.29 is 14.6 Å². The van der Waals surface area contributed by atoms with Gasteiger partial charge in [-0.2, -0.15) is 5.10 Å². The molecule has 2 aliphatic heterocycles. The van der Waals surface area contributed by atoms with E-state index < -0.39 is 18.4 Å². The minimum atomic E-state index is -0.901. The van der Waals surface area contributed by atoms with E-state index in [4.69, 9.17) is 0 Å². The maximum absolute atomic E-state index is 14.9.